The first-order chi connectivity index (χ1) is 25.7. The number of rotatable bonds is 12. The molecule has 0 saturated heterocycles. The van der Waals surface area contributed by atoms with Crippen molar-refractivity contribution in [3.63, 3.8) is 0 Å². The Morgan fingerprint density at radius 1 is 0.982 bits per heavy atom. The van der Waals surface area contributed by atoms with E-state index in [0.29, 0.717) is 23.4 Å². The van der Waals surface area contributed by atoms with Crippen LogP contribution in [-0.4, -0.2) is 105 Å². The standard InChI is InChI=1S/C43H67N5O8/c1-17-41(13,20(3)4)45-19-25(49)46-31-23(9)32(48(18-2)22(7)8)29-26(35(31)51)34(50)30-38(54)43(56)28(24(10)42(30,14)40(29,11)12)33(47(16)21(5)6)36(52)27(37(43)53)39(55)44-15/h20-22,24,28,33,45,50-51,53,56H,17-19H2,1-16H3,(H,44,55)(H,46,49)/t24?,28-,33-,41?,42-,43+/m0/s1. The van der Waals surface area contributed by atoms with Gasteiger partial charge >= 0.3 is 0 Å². The van der Waals surface area contributed by atoms with Crippen molar-refractivity contribution in [3.8, 4) is 5.75 Å². The lowest BCUT2D eigenvalue weighted by Crippen LogP contribution is -2.72. The molecule has 1 aromatic carbocycles. The molecule has 56 heavy (non-hydrogen) atoms. The quantitative estimate of drug-likeness (QED) is 0.108. The summed E-state index contributed by atoms with van der Waals surface area (Å²) in [4.78, 5) is 60.4. The normalized spacial score (nSPS) is 27.1. The van der Waals surface area contributed by atoms with Crippen LogP contribution in [0.25, 0.3) is 5.76 Å². The van der Waals surface area contributed by atoms with Crippen LogP contribution in [0, 0.1) is 30.1 Å². The zero-order valence-corrected chi connectivity index (χ0v) is 36.4. The lowest BCUT2D eigenvalue weighted by atomic mass is 9.41. The first kappa shape index (κ1) is 44.8. The maximum absolute atomic E-state index is 15.3. The summed E-state index contributed by atoms with van der Waals surface area (Å²) in [5, 5.41) is 58.1. The number of aliphatic hydroxyl groups is 3. The Hall–Kier alpha value is -3.94. The number of aliphatic hydroxyl groups excluding tert-OH is 2. The third kappa shape index (κ3) is 6.14. The zero-order valence-electron chi connectivity index (χ0n) is 36.4. The van der Waals surface area contributed by atoms with E-state index in [9.17, 15) is 34.8 Å². The Labute approximate surface area is 333 Å². The summed E-state index contributed by atoms with van der Waals surface area (Å²) >= 11 is 0. The van der Waals surface area contributed by atoms with Crippen molar-refractivity contribution in [1.29, 1.82) is 0 Å². The lowest BCUT2D eigenvalue weighted by molar-refractivity contribution is -0.170. The van der Waals surface area contributed by atoms with Crippen LogP contribution in [0.4, 0.5) is 11.4 Å². The van der Waals surface area contributed by atoms with Gasteiger partial charge in [0.2, 0.25) is 11.7 Å². The second kappa shape index (κ2) is 15.1. The molecule has 3 aliphatic rings. The molecule has 13 heteroatoms. The van der Waals surface area contributed by atoms with Crippen molar-refractivity contribution in [2.24, 2.45) is 23.2 Å². The highest BCUT2D eigenvalue weighted by molar-refractivity contribution is 6.25. The zero-order chi connectivity index (χ0) is 42.9. The Morgan fingerprint density at radius 2 is 1.55 bits per heavy atom. The molecular formula is C43H67N5O8. The van der Waals surface area contributed by atoms with Gasteiger partial charge < -0.3 is 41.3 Å². The summed E-state index contributed by atoms with van der Waals surface area (Å²) in [6.45, 7) is 27.7. The summed E-state index contributed by atoms with van der Waals surface area (Å²) < 4.78 is 0. The number of carbonyl (C=O) groups is 4. The van der Waals surface area contributed by atoms with Gasteiger partial charge in [-0.1, -0.05) is 48.5 Å². The fourth-order valence-electron chi connectivity index (χ4n) is 9.82. The van der Waals surface area contributed by atoms with E-state index in [2.05, 4.69) is 34.7 Å². The minimum atomic E-state index is -2.80. The van der Waals surface area contributed by atoms with E-state index >= 15 is 4.79 Å². The first-order valence-electron chi connectivity index (χ1n) is 20.1. The molecule has 7 N–H and O–H groups in total. The molecular weight excluding hydrogens is 714 g/mol. The van der Waals surface area contributed by atoms with Gasteiger partial charge in [-0.25, -0.2) is 0 Å². The van der Waals surface area contributed by atoms with Crippen molar-refractivity contribution >= 4 is 40.5 Å². The molecule has 0 radical (unpaired) electrons. The van der Waals surface area contributed by atoms with Crippen LogP contribution in [0.3, 0.4) is 0 Å². The summed E-state index contributed by atoms with van der Waals surface area (Å²) in [5.41, 5.74) is -4.81. The molecule has 3 aliphatic carbocycles. The Bertz CT molecular complexity index is 1880. The molecule has 0 spiro atoms. The topological polar surface area (TPSA) is 192 Å². The minimum Gasteiger partial charge on any atom is -0.508 e. The number of phenols is 1. The fourth-order valence-corrected chi connectivity index (χ4v) is 9.82. The summed E-state index contributed by atoms with van der Waals surface area (Å²) in [6.07, 6.45) is 0.776. The molecule has 2 amide bonds. The molecule has 6 atom stereocenters. The number of carbonyl (C=O) groups excluding carboxylic acids is 4. The van der Waals surface area contributed by atoms with Gasteiger partial charge in [0.1, 0.15) is 17.1 Å². The second-order valence-electron chi connectivity index (χ2n) is 18.0. The first-order valence-corrected chi connectivity index (χ1v) is 20.1. The molecule has 1 aromatic rings. The number of hydrogen-bond acceptors (Lipinski definition) is 11. The van der Waals surface area contributed by atoms with E-state index in [1.165, 1.54) is 7.05 Å². The van der Waals surface area contributed by atoms with Crippen LogP contribution in [0.15, 0.2) is 16.9 Å². The predicted octanol–water partition coefficient (Wildman–Crippen LogP) is 5.27. The number of anilines is 2. The number of nitrogens with zero attached hydrogens (tertiary/aromatic N) is 2. The molecule has 0 aliphatic heterocycles. The molecule has 4 rings (SSSR count). The van der Waals surface area contributed by atoms with Crippen molar-refractivity contribution in [3.05, 3.63) is 33.6 Å². The van der Waals surface area contributed by atoms with Gasteiger partial charge in [0.05, 0.1) is 23.8 Å². The maximum Gasteiger partial charge on any atom is 0.258 e. The SMILES string of the molecule is CCN(c1c(C)c(NC(=O)CNC(C)(CC)C(C)C)c(O)c2c1C(C)(C)[C@]1(C)C(=C2O)C(=O)[C@]2(O)C(O)=C(C(=O)NC)C(=O)[C@@H](N(C)C(C)C)[C@@H]2C1C)C(C)C. The van der Waals surface area contributed by atoms with E-state index in [4.69, 9.17) is 0 Å². The summed E-state index contributed by atoms with van der Waals surface area (Å²) in [5.74, 6) is -7.17. The maximum atomic E-state index is 15.3. The van der Waals surface area contributed by atoms with Crippen LogP contribution in [0.5, 0.6) is 5.75 Å². The lowest BCUT2D eigenvalue weighted by Gasteiger charge is -2.63. The van der Waals surface area contributed by atoms with Crippen LogP contribution in [0.2, 0.25) is 0 Å². The fraction of sp³-hybridized carbons (Fsp3) is 0.674. The van der Waals surface area contributed by atoms with Gasteiger partial charge in [-0.05, 0) is 79.3 Å². The van der Waals surface area contributed by atoms with Crippen LogP contribution >= 0.6 is 0 Å². The largest absolute Gasteiger partial charge is 0.508 e. The average Bonchev–Trinajstić information content (AvgIpc) is 3.12. The van der Waals surface area contributed by atoms with E-state index in [-0.39, 0.29) is 46.9 Å². The van der Waals surface area contributed by atoms with Gasteiger partial charge in [0.25, 0.3) is 5.91 Å². The number of likely N-dealkylation sites (N-methyl/N-ethyl adjacent to an activating group) is 2. The highest BCUT2D eigenvalue weighted by Gasteiger charge is 2.73. The molecule has 0 bridgehead atoms. The second-order valence-corrected chi connectivity index (χ2v) is 18.0. The summed E-state index contributed by atoms with van der Waals surface area (Å²) in [7, 11) is 2.96. The van der Waals surface area contributed by atoms with E-state index in [0.717, 1.165) is 6.42 Å². The minimum absolute atomic E-state index is 0.0550. The molecule has 13 nitrogen and oxygen atoms in total. The predicted molar refractivity (Wildman–Crippen MR) is 220 cm³/mol. The molecule has 0 heterocycles. The number of phenolic OH excluding ortho intramolecular Hbond substituents is 1. The van der Waals surface area contributed by atoms with E-state index in [1.54, 1.807) is 18.9 Å². The van der Waals surface area contributed by atoms with Gasteiger partial charge in [0.15, 0.2) is 17.1 Å². The van der Waals surface area contributed by atoms with Crippen molar-refractivity contribution < 1.29 is 39.6 Å². The highest BCUT2D eigenvalue weighted by atomic mass is 16.3. The molecule has 1 saturated carbocycles. The number of Topliss-reactive ketones (excluding diaryl/α,β-unsaturated/α-hetero) is 2. The number of aromatic hydroxyl groups is 1. The number of nitrogens with one attached hydrogen (secondary N) is 3. The molecule has 312 valence electrons. The van der Waals surface area contributed by atoms with Gasteiger partial charge in [-0.2, -0.15) is 0 Å². The van der Waals surface area contributed by atoms with Crippen molar-refractivity contribution in [2.75, 3.05) is 37.4 Å². The van der Waals surface area contributed by atoms with Gasteiger partial charge in [0, 0.05) is 64.8 Å². The van der Waals surface area contributed by atoms with Crippen molar-refractivity contribution in [2.45, 2.75) is 138 Å². The number of amides is 2. The van der Waals surface area contributed by atoms with Crippen LogP contribution in [0.1, 0.15) is 113 Å². The Morgan fingerprint density at radius 3 is 2.02 bits per heavy atom. The highest BCUT2D eigenvalue weighted by Crippen LogP contribution is 2.68. The Kier molecular flexibility index (Phi) is 12.1. The smallest absolute Gasteiger partial charge is 0.258 e. The number of benzene rings is 1. The van der Waals surface area contributed by atoms with Gasteiger partial charge in [-0.3, -0.25) is 24.1 Å². The summed E-state index contributed by atoms with van der Waals surface area (Å²) in [6, 6.07) is -1.57. The number of ketones is 2. The van der Waals surface area contributed by atoms with Crippen LogP contribution < -0.4 is 20.9 Å². The molecule has 1 fully saturated rings. The number of fused-ring (bicyclic) bond motifs is 3. The third-order valence-electron chi connectivity index (χ3n) is 14.4. The van der Waals surface area contributed by atoms with E-state index < -0.39 is 80.5 Å². The molecule has 0 aromatic heterocycles. The monoisotopic (exact) mass is 781 g/mol. The van der Waals surface area contributed by atoms with Gasteiger partial charge in [-0.15, -0.1) is 0 Å². The van der Waals surface area contributed by atoms with Crippen LogP contribution in [-0.2, 0) is 24.6 Å². The van der Waals surface area contributed by atoms with E-state index in [1.807, 2.05) is 76.2 Å². The number of hydrogen-bond donors (Lipinski definition) is 7. The average molecular weight is 782 g/mol. The molecule has 2 unspecified atom stereocenters. The van der Waals surface area contributed by atoms with Crippen molar-refractivity contribution in [1.82, 2.24) is 15.5 Å². The third-order valence-corrected chi connectivity index (χ3v) is 14.4. The Balaban J connectivity index is 2.15.